The molecule has 0 radical (unpaired) electrons. The van der Waals surface area contributed by atoms with E-state index >= 15 is 0 Å². The number of nitrogens with two attached hydrogens (primary N) is 1. The number of nitrogens with zero attached hydrogens (tertiary/aromatic N) is 2. The van der Waals surface area contributed by atoms with E-state index in [0.717, 1.165) is 31.9 Å². The van der Waals surface area contributed by atoms with Crippen molar-refractivity contribution in [2.24, 2.45) is 5.14 Å². The minimum absolute atomic E-state index is 0.171. The molecule has 2 rings (SSSR count). The van der Waals surface area contributed by atoms with Crippen LogP contribution in [0.2, 0.25) is 0 Å². The Balaban J connectivity index is 1.87. The van der Waals surface area contributed by atoms with Gasteiger partial charge in [0.2, 0.25) is 10.0 Å². The third-order valence-electron chi connectivity index (χ3n) is 3.98. The molecule has 6 heteroatoms. The lowest BCUT2D eigenvalue weighted by atomic mass is 10.2. The van der Waals surface area contributed by atoms with Crippen LogP contribution in [0.4, 0.5) is 5.69 Å². The van der Waals surface area contributed by atoms with Gasteiger partial charge in [-0.25, -0.2) is 13.6 Å². The van der Waals surface area contributed by atoms with E-state index in [4.69, 9.17) is 5.14 Å². The molecule has 5 nitrogen and oxygen atoms in total. The summed E-state index contributed by atoms with van der Waals surface area (Å²) in [7, 11) is -3.60. The molecule has 1 aliphatic heterocycles. The summed E-state index contributed by atoms with van der Waals surface area (Å²) in [4.78, 5) is 4.97. The van der Waals surface area contributed by atoms with Crippen LogP contribution < -0.4 is 10.0 Å². The fraction of sp³-hybridized carbons (Fsp3) is 0.600. The minimum atomic E-state index is -3.60. The van der Waals surface area contributed by atoms with E-state index in [1.54, 1.807) is 12.1 Å². The van der Waals surface area contributed by atoms with Crippen molar-refractivity contribution in [3.63, 3.8) is 0 Å². The fourth-order valence-electron chi connectivity index (χ4n) is 2.66. The summed E-state index contributed by atoms with van der Waals surface area (Å²) in [6.07, 6.45) is 3.84. The van der Waals surface area contributed by atoms with Crippen LogP contribution in [0.25, 0.3) is 0 Å². The monoisotopic (exact) mass is 311 g/mol. The molecule has 2 N–H and O–H groups in total. The van der Waals surface area contributed by atoms with Gasteiger partial charge in [-0.3, -0.25) is 4.90 Å². The maximum atomic E-state index is 11.2. The topological polar surface area (TPSA) is 66.6 Å². The molecule has 0 atom stereocenters. The quantitative estimate of drug-likeness (QED) is 0.811. The highest BCUT2D eigenvalue weighted by atomic mass is 32.2. The van der Waals surface area contributed by atoms with Gasteiger partial charge in [-0.2, -0.15) is 0 Å². The smallest absolute Gasteiger partial charge is 0.238 e. The Hall–Kier alpha value is -1.11. The molecule has 0 saturated carbocycles. The second kappa shape index (κ2) is 7.24. The molecular formula is C15H25N3O2S. The Labute approximate surface area is 127 Å². The van der Waals surface area contributed by atoms with Gasteiger partial charge in [0.1, 0.15) is 0 Å². The molecule has 0 spiro atoms. The molecule has 21 heavy (non-hydrogen) atoms. The first-order chi connectivity index (χ1) is 10.0. The molecule has 0 bridgehead atoms. The molecule has 0 aromatic heterocycles. The van der Waals surface area contributed by atoms with Crippen molar-refractivity contribution in [2.45, 2.75) is 31.1 Å². The third kappa shape index (κ3) is 4.69. The maximum absolute atomic E-state index is 11.2. The Morgan fingerprint density at radius 1 is 1.05 bits per heavy atom. The zero-order valence-corrected chi connectivity index (χ0v) is 13.5. The Kier molecular flexibility index (Phi) is 5.61. The largest absolute Gasteiger partial charge is 0.369 e. The molecule has 118 valence electrons. The van der Waals surface area contributed by atoms with Gasteiger partial charge in [0, 0.05) is 31.9 Å². The first-order valence-electron chi connectivity index (χ1n) is 7.61. The lowest BCUT2D eigenvalue weighted by Crippen LogP contribution is -2.46. The van der Waals surface area contributed by atoms with Crippen LogP contribution in [0.5, 0.6) is 0 Å². The van der Waals surface area contributed by atoms with Crippen LogP contribution in [0.3, 0.4) is 0 Å². The second-order valence-corrected chi connectivity index (χ2v) is 7.14. The van der Waals surface area contributed by atoms with E-state index in [1.807, 2.05) is 12.1 Å². The first kappa shape index (κ1) is 16.3. The summed E-state index contributed by atoms with van der Waals surface area (Å²) in [6, 6.07) is 6.84. The number of benzene rings is 1. The lowest BCUT2D eigenvalue weighted by molar-refractivity contribution is 0.252. The molecule has 0 amide bonds. The summed E-state index contributed by atoms with van der Waals surface area (Å²) < 4.78 is 22.5. The predicted molar refractivity (Wildman–Crippen MR) is 86.0 cm³/mol. The van der Waals surface area contributed by atoms with Gasteiger partial charge >= 0.3 is 0 Å². The van der Waals surface area contributed by atoms with Crippen LogP contribution >= 0.6 is 0 Å². The number of rotatable bonds is 6. The number of anilines is 1. The van der Waals surface area contributed by atoms with Gasteiger partial charge in [-0.05, 0) is 37.2 Å². The van der Waals surface area contributed by atoms with Crippen LogP contribution in [0, 0.1) is 0 Å². The Morgan fingerprint density at radius 2 is 1.67 bits per heavy atom. The first-order valence-corrected chi connectivity index (χ1v) is 9.15. The average Bonchev–Trinajstić information content (AvgIpc) is 2.48. The molecule has 1 heterocycles. The molecule has 1 fully saturated rings. The summed E-state index contributed by atoms with van der Waals surface area (Å²) >= 11 is 0. The van der Waals surface area contributed by atoms with Crippen molar-refractivity contribution in [3.05, 3.63) is 24.3 Å². The highest BCUT2D eigenvalue weighted by molar-refractivity contribution is 7.89. The van der Waals surface area contributed by atoms with Crippen molar-refractivity contribution in [2.75, 3.05) is 37.6 Å². The van der Waals surface area contributed by atoms with E-state index in [9.17, 15) is 8.42 Å². The SMILES string of the molecule is CCCCCN1CCN(c2ccc(S(N)(=O)=O)cc2)CC1. The second-order valence-electron chi connectivity index (χ2n) is 5.57. The average molecular weight is 311 g/mol. The van der Waals surface area contributed by atoms with Gasteiger partial charge in [0.15, 0.2) is 0 Å². The van der Waals surface area contributed by atoms with Crippen molar-refractivity contribution >= 4 is 15.7 Å². The highest BCUT2D eigenvalue weighted by Gasteiger charge is 2.17. The number of sulfonamides is 1. The van der Waals surface area contributed by atoms with E-state index in [0.29, 0.717) is 0 Å². The molecular weight excluding hydrogens is 286 g/mol. The Bertz CT molecular complexity index is 535. The van der Waals surface area contributed by atoms with Crippen molar-refractivity contribution in [1.82, 2.24) is 4.90 Å². The van der Waals surface area contributed by atoms with E-state index < -0.39 is 10.0 Å². The predicted octanol–water partition coefficient (Wildman–Crippen LogP) is 1.65. The Morgan fingerprint density at radius 3 is 2.19 bits per heavy atom. The van der Waals surface area contributed by atoms with Crippen LogP contribution in [0.1, 0.15) is 26.2 Å². The number of unbranched alkanes of at least 4 members (excludes halogenated alkanes) is 2. The zero-order valence-electron chi connectivity index (χ0n) is 12.7. The van der Waals surface area contributed by atoms with Gasteiger partial charge in [0.05, 0.1) is 4.90 Å². The van der Waals surface area contributed by atoms with Gasteiger partial charge < -0.3 is 4.90 Å². The summed E-state index contributed by atoms with van der Waals surface area (Å²) in [5, 5.41) is 5.11. The summed E-state index contributed by atoms with van der Waals surface area (Å²) in [5.41, 5.74) is 1.07. The van der Waals surface area contributed by atoms with E-state index in [1.165, 1.54) is 25.8 Å². The normalized spacial score (nSPS) is 17.1. The summed E-state index contributed by atoms with van der Waals surface area (Å²) in [6.45, 7) is 7.53. The number of primary sulfonamides is 1. The van der Waals surface area contributed by atoms with Crippen molar-refractivity contribution < 1.29 is 8.42 Å². The number of piperazine rings is 1. The molecule has 0 unspecified atom stereocenters. The molecule has 0 aliphatic carbocycles. The van der Waals surface area contributed by atoms with Crippen molar-refractivity contribution in [3.8, 4) is 0 Å². The van der Waals surface area contributed by atoms with E-state index in [-0.39, 0.29) is 4.90 Å². The van der Waals surface area contributed by atoms with Crippen LogP contribution in [-0.2, 0) is 10.0 Å². The van der Waals surface area contributed by atoms with E-state index in [2.05, 4.69) is 16.7 Å². The van der Waals surface area contributed by atoms with Crippen molar-refractivity contribution in [1.29, 1.82) is 0 Å². The lowest BCUT2D eigenvalue weighted by Gasteiger charge is -2.36. The maximum Gasteiger partial charge on any atom is 0.238 e. The van der Waals surface area contributed by atoms with Crippen LogP contribution in [0.15, 0.2) is 29.2 Å². The molecule has 1 aromatic carbocycles. The number of hydrogen-bond acceptors (Lipinski definition) is 4. The third-order valence-corrected chi connectivity index (χ3v) is 4.91. The minimum Gasteiger partial charge on any atom is -0.369 e. The van der Waals surface area contributed by atoms with Gasteiger partial charge in [0.25, 0.3) is 0 Å². The molecule has 1 aliphatic rings. The molecule has 1 saturated heterocycles. The number of hydrogen-bond donors (Lipinski definition) is 1. The molecule has 1 aromatic rings. The highest BCUT2D eigenvalue weighted by Crippen LogP contribution is 2.19. The van der Waals surface area contributed by atoms with Gasteiger partial charge in [-0.15, -0.1) is 0 Å². The fourth-order valence-corrected chi connectivity index (χ4v) is 3.18. The standard InChI is InChI=1S/C15H25N3O2S/c1-2-3-4-9-17-10-12-18(13-11-17)14-5-7-15(8-6-14)21(16,19)20/h5-8H,2-4,9-13H2,1H3,(H2,16,19,20). The zero-order chi connectivity index (χ0) is 15.3. The van der Waals surface area contributed by atoms with Crippen LogP contribution in [-0.4, -0.2) is 46.0 Å². The van der Waals surface area contributed by atoms with Gasteiger partial charge in [-0.1, -0.05) is 19.8 Å². The summed E-state index contributed by atoms with van der Waals surface area (Å²) in [5.74, 6) is 0.